The molecule has 0 aliphatic rings. The SMILES string of the molecule is c1ccc(-c2nc(-c3ccccc3)nc(-n3c4ccccc4c4c5c6ccccc6n(-c6nc(-c7ccccc7)nc(-c7ccccc7)n6)c5ccc43)n2)cc1. The first kappa shape index (κ1) is 31.7. The van der Waals surface area contributed by atoms with Crippen LogP contribution in [0.3, 0.4) is 0 Å². The first-order valence-electron chi connectivity index (χ1n) is 18.5. The zero-order chi connectivity index (χ0) is 37.0. The van der Waals surface area contributed by atoms with Gasteiger partial charge in [-0.05, 0) is 24.3 Å². The van der Waals surface area contributed by atoms with Gasteiger partial charge < -0.3 is 0 Å². The molecule has 4 aromatic heterocycles. The van der Waals surface area contributed by atoms with Gasteiger partial charge in [0.05, 0.1) is 22.1 Å². The predicted molar refractivity (Wildman–Crippen MR) is 224 cm³/mol. The summed E-state index contributed by atoms with van der Waals surface area (Å²) in [4.78, 5) is 30.6. The van der Waals surface area contributed by atoms with E-state index in [1.54, 1.807) is 0 Å². The highest BCUT2D eigenvalue weighted by molar-refractivity contribution is 6.28. The van der Waals surface area contributed by atoms with Gasteiger partial charge >= 0.3 is 0 Å². The average Bonchev–Trinajstić information content (AvgIpc) is 3.80. The Balaban J connectivity index is 1.22. The van der Waals surface area contributed by atoms with Gasteiger partial charge in [0.1, 0.15) is 0 Å². The van der Waals surface area contributed by atoms with Crippen LogP contribution in [0, 0.1) is 0 Å². The van der Waals surface area contributed by atoms with Crippen molar-refractivity contribution in [2.24, 2.45) is 0 Å². The van der Waals surface area contributed by atoms with Crippen molar-refractivity contribution in [1.29, 1.82) is 0 Å². The Bertz CT molecular complexity index is 2900. The molecule has 4 heterocycles. The minimum Gasteiger partial charge on any atom is -0.278 e. The zero-order valence-corrected chi connectivity index (χ0v) is 29.9. The summed E-state index contributed by atoms with van der Waals surface area (Å²) in [6, 6.07) is 61.6. The van der Waals surface area contributed by atoms with Gasteiger partial charge in [-0.3, -0.25) is 9.13 Å². The molecular formula is C48H30N8. The molecule has 0 spiro atoms. The summed E-state index contributed by atoms with van der Waals surface area (Å²) < 4.78 is 4.33. The molecule has 8 nitrogen and oxygen atoms in total. The maximum atomic E-state index is 5.15. The van der Waals surface area contributed by atoms with Crippen LogP contribution in [0.15, 0.2) is 182 Å². The molecule has 7 aromatic carbocycles. The van der Waals surface area contributed by atoms with Crippen molar-refractivity contribution in [2.45, 2.75) is 0 Å². The fraction of sp³-hybridized carbons (Fsp3) is 0. The van der Waals surface area contributed by atoms with Gasteiger partial charge in [0.15, 0.2) is 23.3 Å². The van der Waals surface area contributed by atoms with Gasteiger partial charge in [-0.2, -0.15) is 19.9 Å². The van der Waals surface area contributed by atoms with E-state index in [-0.39, 0.29) is 0 Å². The summed E-state index contributed by atoms with van der Waals surface area (Å²) in [5.74, 6) is 3.52. The third-order valence-corrected chi connectivity index (χ3v) is 10.2. The number of para-hydroxylation sites is 2. The largest absolute Gasteiger partial charge is 0.278 e. The highest BCUT2D eigenvalue weighted by Gasteiger charge is 2.24. The van der Waals surface area contributed by atoms with Gasteiger partial charge in [0.25, 0.3) is 0 Å². The Morgan fingerprint density at radius 3 is 0.857 bits per heavy atom. The molecule has 56 heavy (non-hydrogen) atoms. The van der Waals surface area contributed by atoms with Gasteiger partial charge in [-0.25, -0.2) is 9.97 Å². The lowest BCUT2D eigenvalue weighted by molar-refractivity contribution is 0.950. The number of hydrogen-bond acceptors (Lipinski definition) is 6. The van der Waals surface area contributed by atoms with Crippen LogP contribution in [0.5, 0.6) is 0 Å². The second-order valence-corrected chi connectivity index (χ2v) is 13.6. The van der Waals surface area contributed by atoms with Crippen molar-refractivity contribution in [3.05, 3.63) is 182 Å². The van der Waals surface area contributed by atoms with Crippen LogP contribution >= 0.6 is 0 Å². The number of nitrogens with zero attached hydrogens (tertiary/aromatic N) is 8. The Morgan fingerprint density at radius 2 is 0.536 bits per heavy atom. The monoisotopic (exact) mass is 718 g/mol. The molecule has 0 N–H and O–H groups in total. The summed E-state index contributed by atoms with van der Waals surface area (Å²) in [7, 11) is 0. The molecule has 0 aliphatic heterocycles. The van der Waals surface area contributed by atoms with Crippen molar-refractivity contribution in [1.82, 2.24) is 39.0 Å². The highest BCUT2D eigenvalue weighted by Crippen LogP contribution is 2.42. The Hall–Kier alpha value is -7.84. The fourth-order valence-electron chi connectivity index (χ4n) is 7.74. The maximum absolute atomic E-state index is 5.15. The molecule has 11 aromatic rings. The minimum atomic E-state index is 0.546. The summed E-state index contributed by atoms with van der Waals surface area (Å²) in [6.45, 7) is 0. The van der Waals surface area contributed by atoms with E-state index < -0.39 is 0 Å². The van der Waals surface area contributed by atoms with Crippen molar-refractivity contribution >= 4 is 43.6 Å². The zero-order valence-electron chi connectivity index (χ0n) is 29.9. The van der Waals surface area contributed by atoms with Crippen LogP contribution in [-0.2, 0) is 0 Å². The lowest BCUT2D eigenvalue weighted by atomic mass is 10.1. The van der Waals surface area contributed by atoms with Crippen molar-refractivity contribution in [3.8, 4) is 57.4 Å². The summed E-state index contributed by atoms with van der Waals surface area (Å²) >= 11 is 0. The van der Waals surface area contributed by atoms with Gasteiger partial charge in [-0.1, -0.05) is 158 Å². The van der Waals surface area contributed by atoms with Crippen LogP contribution in [0.25, 0.3) is 101 Å². The lowest BCUT2D eigenvalue weighted by Crippen LogP contribution is -2.07. The molecule has 8 heteroatoms. The van der Waals surface area contributed by atoms with Gasteiger partial charge in [0.2, 0.25) is 11.9 Å². The number of hydrogen-bond donors (Lipinski definition) is 0. The second kappa shape index (κ2) is 12.9. The Labute approximate surface area is 321 Å². The molecular weight excluding hydrogens is 689 g/mol. The van der Waals surface area contributed by atoms with E-state index in [4.69, 9.17) is 29.9 Å². The average molecular weight is 719 g/mol. The van der Waals surface area contributed by atoms with Crippen LogP contribution < -0.4 is 0 Å². The number of fused-ring (bicyclic) bond motifs is 7. The molecule has 0 atom stereocenters. The molecule has 0 amide bonds. The van der Waals surface area contributed by atoms with Crippen molar-refractivity contribution < 1.29 is 0 Å². The van der Waals surface area contributed by atoms with E-state index in [1.165, 1.54) is 0 Å². The van der Waals surface area contributed by atoms with E-state index in [0.717, 1.165) is 65.9 Å². The smallest absolute Gasteiger partial charge is 0.238 e. The number of rotatable bonds is 6. The number of aromatic nitrogens is 8. The fourth-order valence-corrected chi connectivity index (χ4v) is 7.74. The normalized spacial score (nSPS) is 11.6. The van der Waals surface area contributed by atoms with Crippen molar-refractivity contribution in [3.63, 3.8) is 0 Å². The summed E-state index contributed by atoms with van der Waals surface area (Å²) in [6.07, 6.45) is 0. The first-order valence-corrected chi connectivity index (χ1v) is 18.5. The quantitative estimate of drug-likeness (QED) is 0.170. The van der Waals surface area contributed by atoms with E-state index in [2.05, 4.69) is 69.8 Å². The van der Waals surface area contributed by atoms with Crippen LogP contribution in [0.4, 0.5) is 0 Å². The third kappa shape index (κ3) is 5.15. The van der Waals surface area contributed by atoms with Crippen LogP contribution in [0.2, 0.25) is 0 Å². The molecule has 0 aliphatic carbocycles. The molecule has 0 radical (unpaired) electrons. The Morgan fingerprint density at radius 1 is 0.250 bits per heavy atom. The molecule has 0 unspecified atom stereocenters. The van der Waals surface area contributed by atoms with E-state index in [0.29, 0.717) is 35.2 Å². The van der Waals surface area contributed by atoms with Gasteiger partial charge in [0, 0.05) is 43.8 Å². The second-order valence-electron chi connectivity index (χ2n) is 13.6. The van der Waals surface area contributed by atoms with E-state index >= 15 is 0 Å². The number of benzene rings is 7. The summed E-state index contributed by atoms with van der Waals surface area (Å²) in [5.41, 5.74) is 7.63. The molecule has 0 fully saturated rings. The van der Waals surface area contributed by atoms with E-state index in [1.807, 2.05) is 121 Å². The standard InChI is InChI=1S/C48H30N8/c1-5-17-31(18-6-1)43-49-44(32-19-7-2-8-20-32)52-47(51-43)55-37-27-15-13-25-35(37)41-39(55)29-30-40-42(41)36-26-14-16-28-38(36)56(40)48-53-45(33-21-9-3-10-22-33)50-46(54-48)34-23-11-4-12-24-34/h1-30H. The van der Waals surface area contributed by atoms with E-state index in [9.17, 15) is 0 Å². The topological polar surface area (TPSA) is 87.2 Å². The third-order valence-electron chi connectivity index (χ3n) is 10.2. The van der Waals surface area contributed by atoms with Crippen LogP contribution in [0.1, 0.15) is 0 Å². The Kier molecular flexibility index (Phi) is 7.31. The molecule has 0 bridgehead atoms. The lowest BCUT2D eigenvalue weighted by Gasteiger charge is -2.11. The van der Waals surface area contributed by atoms with Crippen LogP contribution in [-0.4, -0.2) is 39.0 Å². The first-order chi connectivity index (χ1) is 27.8. The van der Waals surface area contributed by atoms with Crippen molar-refractivity contribution in [2.75, 3.05) is 0 Å². The summed E-state index contributed by atoms with van der Waals surface area (Å²) in [5, 5.41) is 4.36. The highest BCUT2D eigenvalue weighted by atomic mass is 15.2. The molecule has 11 rings (SSSR count). The molecule has 0 saturated heterocycles. The molecule has 262 valence electrons. The predicted octanol–water partition coefficient (Wildman–Crippen LogP) is 10.9. The minimum absolute atomic E-state index is 0.546. The van der Waals surface area contributed by atoms with Gasteiger partial charge in [-0.15, -0.1) is 0 Å². The maximum Gasteiger partial charge on any atom is 0.238 e. The molecule has 0 saturated carbocycles.